The molecular weight excluding hydrogens is 268 g/mol. The standard InChI is InChI=1S/C16H14N2O3/c1-9-7-10(2)18-15(13(9)8-17)21-14-6-4-5-12(11(14)3)16(19)20/h4-7H,1-3H3,(H,19,20). The number of pyridine rings is 1. The number of aromatic nitrogens is 1. The molecule has 0 saturated heterocycles. The van der Waals surface area contributed by atoms with Crippen LogP contribution in [0.15, 0.2) is 24.3 Å². The zero-order chi connectivity index (χ0) is 15.6. The third-order valence-corrected chi connectivity index (χ3v) is 3.14. The van der Waals surface area contributed by atoms with Gasteiger partial charge in [-0.25, -0.2) is 9.78 Å². The number of benzene rings is 1. The number of aryl methyl sites for hydroxylation is 2. The van der Waals surface area contributed by atoms with Gasteiger partial charge >= 0.3 is 5.97 Å². The van der Waals surface area contributed by atoms with E-state index in [1.165, 1.54) is 6.07 Å². The Labute approximate surface area is 122 Å². The Bertz CT molecular complexity index is 761. The number of nitriles is 1. The molecule has 0 aliphatic rings. The highest BCUT2D eigenvalue weighted by atomic mass is 16.5. The van der Waals surface area contributed by atoms with Crippen LogP contribution < -0.4 is 4.74 Å². The molecule has 5 heteroatoms. The fraction of sp³-hybridized carbons (Fsp3) is 0.188. The lowest BCUT2D eigenvalue weighted by atomic mass is 10.1. The number of aromatic carboxylic acids is 1. The molecule has 21 heavy (non-hydrogen) atoms. The SMILES string of the molecule is Cc1cc(C)c(C#N)c(Oc2cccc(C(=O)O)c2C)n1. The van der Waals surface area contributed by atoms with Crippen molar-refractivity contribution in [1.82, 2.24) is 4.98 Å². The van der Waals surface area contributed by atoms with Gasteiger partial charge in [0, 0.05) is 11.3 Å². The van der Waals surface area contributed by atoms with Crippen LogP contribution in [0.3, 0.4) is 0 Å². The van der Waals surface area contributed by atoms with Gasteiger partial charge < -0.3 is 9.84 Å². The minimum Gasteiger partial charge on any atom is -0.478 e. The van der Waals surface area contributed by atoms with E-state index in [1.54, 1.807) is 32.0 Å². The Morgan fingerprint density at radius 1 is 1.33 bits per heavy atom. The Morgan fingerprint density at radius 2 is 2.05 bits per heavy atom. The van der Waals surface area contributed by atoms with Gasteiger partial charge in [0.1, 0.15) is 17.4 Å². The number of ether oxygens (including phenoxy) is 1. The van der Waals surface area contributed by atoms with Gasteiger partial charge in [-0.1, -0.05) is 6.07 Å². The maximum absolute atomic E-state index is 11.1. The van der Waals surface area contributed by atoms with E-state index >= 15 is 0 Å². The summed E-state index contributed by atoms with van der Waals surface area (Å²) in [4.78, 5) is 15.4. The van der Waals surface area contributed by atoms with Gasteiger partial charge in [-0.2, -0.15) is 5.26 Å². The maximum Gasteiger partial charge on any atom is 0.336 e. The highest BCUT2D eigenvalue weighted by molar-refractivity contribution is 5.90. The zero-order valence-corrected chi connectivity index (χ0v) is 12.0. The third-order valence-electron chi connectivity index (χ3n) is 3.14. The molecule has 0 saturated carbocycles. The van der Waals surface area contributed by atoms with E-state index in [2.05, 4.69) is 11.1 Å². The summed E-state index contributed by atoms with van der Waals surface area (Å²) in [6.07, 6.45) is 0. The van der Waals surface area contributed by atoms with Crippen LogP contribution in [-0.4, -0.2) is 16.1 Å². The van der Waals surface area contributed by atoms with Crippen LogP contribution in [0.1, 0.15) is 32.7 Å². The summed E-state index contributed by atoms with van der Waals surface area (Å²) < 4.78 is 5.69. The molecule has 0 fully saturated rings. The number of hydrogen-bond acceptors (Lipinski definition) is 4. The second-order valence-electron chi connectivity index (χ2n) is 4.71. The van der Waals surface area contributed by atoms with E-state index < -0.39 is 5.97 Å². The summed E-state index contributed by atoms with van der Waals surface area (Å²) in [7, 11) is 0. The molecule has 106 valence electrons. The molecule has 1 aromatic carbocycles. The molecule has 0 spiro atoms. The molecule has 1 aromatic heterocycles. The van der Waals surface area contributed by atoms with E-state index in [0.29, 0.717) is 16.9 Å². The Hall–Kier alpha value is -2.87. The van der Waals surface area contributed by atoms with Gasteiger partial charge in [-0.15, -0.1) is 0 Å². The van der Waals surface area contributed by atoms with Gasteiger partial charge in [0.05, 0.1) is 5.56 Å². The van der Waals surface area contributed by atoms with Crippen LogP contribution in [0.25, 0.3) is 0 Å². The Morgan fingerprint density at radius 3 is 2.67 bits per heavy atom. The summed E-state index contributed by atoms with van der Waals surface area (Å²) in [6.45, 7) is 5.27. The Balaban J connectivity index is 2.51. The number of rotatable bonds is 3. The second-order valence-corrected chi connectivity index (χ2v) is 4.71. The quantitative estimate of drug-likeness (QED) is 0.933. The lowest BCUT2D eigenvalue weighted by Crippen LogP contribution is -2.02. The molecule has 2 aromatic rings. The predicted octanol–water partition coefficient (Wildman–Crippen LogP) is 3.37. The van der Waals surface area contributed by atoms with Crippen molar-refractivity contribution >= 4 is 5.97 Å². The summed E-state index contributed by atoms with van der Waals surface area (Å²) in [5.74, 6) is -0.448. The molecule has 0 unspecified atom stereocenters. The first-order valence-electron chi connectivity index (χ1n) is 6.33. The Kier molecular flexibility index (Phi) is 3.90. The average molecular weight is 282 g/mol. The van der Waals surface area contributed by atoms with Crippen molar-refractivity contribution in [3.63, 3.8) is 0 Å². The maximum atomic E-state index is 11.1. The van der Waals surface area contributed by atoms with Crippen molar-refractivity contribution < 1.29 is 14.6 Å². The van der Waals surface area contributed by atoms with Crippen LogP contribution in [0.2, 0.25) is 0 Å². The number of nitrogens with zero attached hydrogens (tertiary/aromatic N) is 2. The summed E-state index contributed by atoms with van der Waals surface area (Å²) in [6, 6.07) is 8.62. The first-order valence-corrected chi connectivity index (χ1v) is 6.33. The van der Waals surface area contributed by atoms with Crippen LogP contribution >= 0.6 is 0 Å². The number of carboxylic acid groups (broad SMARTS) is 1. The third kappa shape index (κ3) is 2.84. The lowest BCUT2D eigenvalue weighted by molar-refractivity contribution is 0.0695. The van der Waals surface area contributed by atoms with Gasteiger partial charge in [0.15, 0.2) is 0 Å². The normalized spacial score (nSPS) is 10.0. The van der Waals surface area contributed by atoms with E-state index in [4.69, 9.17) is 9.84 Å². The molecule has 0 radical (unpaired) electrons. The van der Waals surface area contributed by atoms with Crippen molar-refractivity contribution in [3.8, 4) is 17.7 Å². The van der Waals surface area contributed by atoms with Crippen molar-refractivity contribution in [2.24, 2.45) is 0 Å². The molecule has 0 bridgehead atoms. The smallest absolute Gasteiger partial charge is 0.336 e. The van der Waals surface area contributed by atoms with Gasteiger partial charge in [0.2, 0.25) is 5.88 Å². The van der Waals surface area contributed by atoms with E-state index in [9.17, 15) is 10.1 Å². The van der Waals surface area contributed by atoms with Gasteiger partial charge in [-0.05, 0) is 44.5 Å². The molecular formula is C16H14N2O3. The van der Waals surface area contributed by atoms with Crippen LogP contribution in [-0.2, 0) is 0 Å². The molecule has 2 rings (SSSR count). The number of carbonyl (C=O) groups is 1. The summed E-state index contributed by atoms with van der Waals surface area (Å²) in [5, 5.41) is 18.3. The van der Waals surface area contributed by atoms with Crippen molar-refractivity contribution in [3.05, 3.63) is 52.2 Å². The van der Waals surface area contributed by atoms with Crippen LogP contribution in [0.5, 0.6) is 11.6 Å². The highest BCUT2D eigenvalue weighted by Gasteiger charge is 2.15. The first-order chi connectivity index (χ1) is 9.93. The van der Waals surface area contributed by atoms with Gasteiger partial charge in [-0.3, -0.25) is 0 Å². The second kappa shape index (κ2) is 5.63. The fourth-order valence-electron chi connectivity index (χ4n) is 2.07. The number of hydrogen-bond donors (Lipinski definition) is 1. The predicted molar refractivity (Wildman–Crippen MR) is 76.6 cm³/mol. The monoisotopic (exact) mass is 282 g/mol. The van der Waals surface area contributed by atoms with E-state index in [-0.39, 0.29) is 11.4 Å². The zero-order valence-electron chi connectivity index (χ0n) is 12.0. The van der Waals surface area contributed by atoms with Crippen LogP contribution in [0, 0.1) is 32.1 Å². The van der Waals surface area contributed by atoms with Gasteiger partial charge in [0.25, 0.3) is 0 Å². The molecule has 0 amide bonds. The lowest BCUT2D eigenvalue weighted by Gasteiger charge is -2.12. The highest BCUT2D eigenvalue weighted by Crippen LogP contribution is 2.29. The number of carboxylic acids is 1. The van der Waals surface area contributed by atoms with Crippen molar-refractivity contribution in [1.29, 1.82) is 5.26 Å². The molecule has 1 N–H and O–H groups in total. The minimum absolute atomic E-state index is 0.162. The largest absolute Gasteiger partial charge is 0.478 e. The molecule has 0 aliphatic heterocycles. The topological polar surface area (TPSA) is 83.2 Å². The molecule has 1 heterocycles. The van der Waals surface area contributed by atoms with Crippen molar-refractivity contribution in [2.45, 2.75) is 20.8 Å². The first kappa shape index (κ1) is 14.5. The fourth-order valence-corrected chi connectivity index (χ4v) is 2.07. The van der Waals surface area contributed by atoms with Crippen molar-refractivity contribution in [2.75, 3.05) is 0 Å². The summed E-state index contributed by atoms with van der Waals surface area (Å²) >= 11 is 0. The van der Waals surface area contributed by atoms with E-state index in [1.807, 2.05) is 6.92 Å². The molecule has 0 atom stereocenters. The van der Waals surface area contributed by atoms with E-state index in [0.717, 1.165) is 11.3 Å². The molecule has 0 aliphatic carbocycles. The summed E-state index contributed by atoms with van der Waals surface area (Å²) in [5.41, 5.74) is 2.51. The minimum atomic E-state index is -1.02. The van der Waals surface area contributed by atoms with Crippen LogP contribution in [0.4, 0.5) is 0 Å². The molecule has 5 nitrogen and oxygen atoms in total. The average Bonchev–Trinajstić information content (AvgIpc) is 2.40.